The molecule has 0 aliphatic carbocycles. The molecule has 0 saturated carbocycles. The quantitative estimate of drug-likeness (QED) is 0.562. The van der Waals surface area contributed by atoms with E-state index in [-0.39, 0.29) is 23.0 Å². The molecule has 0 aromatic heterocycles. The molecule has 2 atom stereocenters. The largest absolute Gasteiger partial charge is 0.300 e. The summed E-state index contributed by atoms with van der Waals surface area (Å²) in [6, 6.07) is 8.55. The third kappa shape index (κ3) is 3.66. The number of carbonyl (C=O) groups excluding carboxylic acids is 1. The predicted molar refractivity (Wildman–Crippen MR) is 65.6 cm³/mol. The second kappa shape index (κ2) is 6.13. The van der Waals surface area contributed by atoms with Crippen LogP contribution >= 0.6 is 0 Å². The lowest BCUT2D eigenvalue weighted by molar-refractivity contribution is -0.527. The van der Waals surface area contributed by atoms with Crippen molar-refractivity contribution in [2.45, 2.75) is 38.6 Å². The molecule has 0 spiro atoms. The number of hydrogen-bond donors (Lipinski definition) is 0. The Morgan fingerprint density at radius 3 is 2.35 bits per heavy atom. The number of ketones is 1. The van der Waals surface area contributed by atoms with Gasteiger partial charge in [0.1, 0.15) is 5.78 Å². The third-order valence-electron chi connectivity index (χ3n) is 2.89. The lowest BCUT2D eigenvalue weighted by Gasteiger charge is -2.19. The van der Waals surface area contributed by atoms with Crippen LogP contribution in [0.4, 0.5) is 0 Å². The smallest absolute Gasteiger partial charge is 0.220 e. The highest BCUT2D eigenvalue weighted by Crippen LogP contribution is 2.27. The molecule has 0 N–H and O–H groups in total. The molecule has 0 aliphatic heterocycles. The molecule has 0 aliphatic rings. The lowest BCUT2D eigenvalue weighted by Crippen LogP contribution is -2.28. The van der Waals surface area contributed by atoms with Gasteiger partial charge in [-0.1, -0.05) is 37.3 Å². The summed E-state index contributed by atoms with van der Waals surface area (Å²) in [5.41, 5.74) is 0.867. The Morgan fingerprint density at radius 1 is 1.35 bits per heavy atom. The average molecular weight is 235 g/mol. The Hall–Kier alpha value is -1.71. The predicted octanol–water partition coefficient (Wildman–Crippen LogP) is 2.80. The van der Waals surface area contributed by atoms with Crippen LogP contribution in [-0.2, 0) is 4.79 Å². The fourth-order valence-electron chi connectivity index (χ4n) is 2.07. The summed E-state index contributed by atoms with van der Waals surface area (Å²) in [6.07, 6.45) is 0.656. The summed E-state index contributed by atoms with van der Waals surface area (Å²) in [7, 11) is 0. The van der Waals surface area contributed by atoms with Crippen molar-refractivity contribution in [2.75, 3.05) is 0 Å². The van der Waals surface area contributed by atoms with Crippen molar-refractivity contribution in [2.24, 2.45) is 0 Å². The van der Waals surface area contributed by atoms with Crippen LogP contribution in [0.25, 0.3) is 0 Å². The minimum atomic E-state index is -0.693. The van der Waals surface area contributed by atoms with Crippen molar-refractivity contribution in [3.05, 3.63) is 46.0 Å². The first kappa shape index (κ1) is 13.4. The van der Waals surface area contributed by atoms with E-state index in [1.165, 1.54) is 6.92 Å². The molecule has 1 unspecified atom stereocenters. The second-order valence-corrected chi connectivity index (χ2v) is 4.18. The number of nitrogens with zero attached hydrogens (tertiary/aromatic N) is 1. The van der Waals surface area contributed by atoms with Gasteiger partial charge in [0.15, 0.2) is 0 Å². The summed E-state index contributed by atoms with van der Waals surface area (Å²) in [5, 5.41) is 11.0. The minimum Gasteiger partial charge on any atom is -0.300 e. The Kier molecular flexibility index (Phi) is 4.82. The van der Waals surface area contributed by atoms with Crippen LogP contribution in [0, 0.1) is 10.1 Å². The third-order valence-corrected chi connectivity index (χ3v) is 2.89. The molecule has 0 fully saturated rings. The van der Waals surface area contributed by atoms with Crippen molar-refractivity contribution < 1.29 is 9.72 Å². The average Bonchev–Trinajstić information content (AvgIpc) is 2.29. The molecular weight excluding hydrogens is 218 g/mol. The Morgan fingerprint density at radius 2 is 1.94 bits per heavy atom. The monoisotopic (exact) mass is 235 g/mol. The Labute approximate surface area is 101 Å². The van der Waals surface area contributed by atoms with E-state index >= 15 is 0 Å². The van der Waals surface area contributed by atoms with Crippen LogP contribution in [0.5, 0.6) is 0 Å². The highest BCUT2D eigenvalue weighted by Gasteiger charge is 2.31. The molecule has 92 valence electrons. The van der Waals surface area contributed by atoms with Crippen LogP contribution in [0.15, 0.2) is 30.3 Å². The highest BCUT2D eigenvalue weighted by molar-refractivity contribution is 5.76. The van der Waals surface area contributed by atoms with Gasteiger partial charge in [0.2, 0.25) is 6.04 Å². The summed E-state index contributed by atoms with van der Waals surface area (Å²) in [5.74, 6) is -0.340. The first-order valence-corrected chi connectivity index (χ1v) is 5.74. The van der Waals surface area contributed by atoms with Crippen LogP contribution in [0.2, 0.25) is 0 Å². The summed E-state index contributed by atoms with van der Waals surface area (Å²) in [6.45, 7) is 3.26. The van der Waals surface area contributed by atoms with E-state index in [9.17, 15) is 14.9 Å². The summed E-state index contributed by atoms with van der Waals surface area (Å²) < 4.78 is 0. The second-order valence-electron chi connectivity index (χ2n) is 4.18. The van der Waals surface area contributed by atoms with Crippen molar-refractivity contribution >= 4 is 5.78 Å². The van der Waals surface area contributed by atoms with Gasteiger partial charge in [-0.15, -0.1) is 0 Å². The zero-order valence-corrected chi connectivity index (χ0v) is 10.1. The first-order chi connectivity index (χ1) is 8.06. The topological polar surface area (TPSA) is 60.2 Å². The van der Waals surface area contributed by atoms with Crippen LogP contribution < -0.4 is 0 Å². The lowest BCUT2D eigenvalue weighted by atomic mass is 9.86. The van der Waals surface area contributed by atoms with E-state index in [1.807, 2.05) is 30.3 Å². The number of benzene rings is 1. The maximum Gasteiger partial charge on any atom is 0.220 e. The molecule has 0 heterocycles. The molecule has 4 nitrogen and oxygen atoms in total. The van der Waals surface area contributed by atoms with Crippen molar-refractivity contribution in [3.8, 4) is 0 Å². The fraction of sp³-hybridized carbons (Fsp3) is 0.462. The summed E-state index contributed by atoms with van der Waals surface area (Å²) in [4.78, 5) is 22.0. The molecule has 17 heavy (non-hydrogen) atoms. The van der Waals surface area contributed by atoms with Crippen LogP contribution in [0.1, 0.15) is 38.2 Å². The van der Waals surface area contributed by atoms with Gasteiger partial charge in [-0.2, -0.15) is 0 Å². The van der Waals surface area contributed by atoms with Crippen LogP contribution in [0.3, 0.4) is 0 Å². The molecule has 4 heteroatoms. The van der Waals surface area contributed by atoms with Crippen molar-refractivity contribution in [1.82, 2.24) is 0 Å². The SMILES string of the molecule is CCC([C@@H](CC(C)=O)c1ccccc1)[N+](=O)[O-]. The molecule has 0 amide bonds. The zero-order chi connectivity index (χ0) is 12.8. The van der Waals surface area contributed by atoms with Gasteiger partial charge < -0.3 is 4.79 Å². The molecule has 1 aromatic rings. The van der Waals surface area contributed by atoms with Gasteiger partial charge in [-0.3, -0.25) is 10.1 Å². The minimum absolute atomic E-state index is 0.0147. The standard InChI is InChI=1S/C13H17NO3/c1-3-13(14(16)17)12(9-10(2)15)11-7-5-4-6-8-11/h4-8,12-13H,3,9H2,1-2H3/t12-,13?/m0/s1. The highest BCUT2D eigenvalue weighted by atomic mass is 16.6. The number of carbonyl (C=O) groups is 1. The van der Waals surface area contributed by atoms with E-state index in [1.54, 1.807) is 6.92 Å². The first-order valence-electron chi connectivity index (χ1n) is 5.74. The van der Waals surface area contributed by atoms with Gasteiger partial charge in [0, 0.05) is 17.8 Å². The molecule has 0 saturated heterocycles. The van der Waals surface area contributed by atoms with E-state index in [4.69, 9.17) is 0 Å². The Bertz CT molecular complexity index is 389. The molecule has 1 rings (SSSR count). The molecular formula is C13H17NO3. The number of rotatable bonds is 6. The molecule has 0 bridgehead atoms. The van der Waals surface area contributed by atoms with Crippen LogP contribution in [-0.4, -0.2) is 16.7 Å². The van der Waals surface area contributed by atoms with Gasteiger partial charge in [-0.25, -0.2) is 0 Å². The van der Waals surface area contributed by atoms with Crippen molar-refractivity contribution in [1.29, 1.82) is 0 Å². The van der Waals surface area contributed by atoms with Gasteiger partial charge in [0.05, 0.1) is 5.92 Å². The maximum absolute atomic E-state index is 11.2. The van der Waals surface area contributed by atoms with E-state index in [2.05, 4.69) is 0 Å². The summed E-state index contributed by atoms with van der Waals surface area (Å²) >= 11 is 0. The fourth-order valence-corrected chi connectivity index (χ4v) is 2.07. The number of Topliss-reactive ketones (excluding diaryl/α,β-unsaturated/α-hetero) is 1. The van der Waals surface area contributed by atoms with E-state index < -0.39 is 6.04 Å². The normalized spacial score (nSPS) is 14.0. The van der Waals surface area contributed by atoms with E-state index in [0.29, 0.717) is 6.42 Å². The van der Waals surface area contributed by atoms with E-state index in [0.717, 1.165) is 5.56 Å². The zero-order valence-electron chi connectivity index (χ0n) is 10.1. The number of hydrogen-bond acceptors (Lipinski definition) is 3. The van der Waals surface area contributed by atoms with Gasteiger partial charge in [0.25, 0.3) is 0 Å². The van der Waals surface area contributed by atoms with Gasteiger partial charge in [-0.05, 0) is 12.5 Å². The molecule has 0 radical (unpaired) electrons. The van der Waals surface area contributed by atoms with Crippen molar-refractivity contribution in [3.63, 3.8) is 0 Å². The Balaban J connectivity index is 3.02. The maximum atomic E-state index is 11.2. The van der Waals surface area contributed by atoms with Gasteiger partial charge >= 0.3 is 0 Å². The molecule has 1 aromatic carbocycles. The number of nitro groups is 1.